The fourth-order valence-electron chi connectivity index (χ4n) is 3.65. The van der Waals surface area contributed by atoms with Crippen LogP contribution in [0.4, 0.5) is 0 Å². The van der Waals surface area contributed by atoms with E-state index in [2.05, 4.69) is 19.2 Å². The van der Waals surface area contributed by atoms with Gasteiger partial charge in [0.25, 0.3) is 0 Å². The molecule has 20 heavy (non-hydrogen) atoms. The second-order valence-corrected chi connectivity index (χ2v) is 6.66. The van der Waals surface area contributed by atoms with E-state index in [1.165, 1.54) is 37.7 Å². The molecule has 1 aromatic carbocycles. The average Bonchev–Trinajstić information content (AvgIpc) is 2.47. The van der Waals surface area contributed by atoms with Gasteiger partial charge in [0.1, 0.15) is 0 Å². The predicted octanol–water partition coefficient (Wildman–Crippen LogP) is 5.86. The van der Waals surface area contributed by atoms with Crippen LogP contribution in [0.5, 0.6) is 0 Å². The van der Waals surface area contributed by atoms with Gasteiger partial charge in [-0.15, -0.1) is 0 Å². The third-order valence-electron chi connectivity index (χ3n) is 4.64. The van der Waals surface area contributed by atoms with Gasteiger partial charge in [0.05, 0.1) is 0 Å². The summed E-state index contributed by atoms with van der Waals surface area (Å²) in [4.78, 5) is 0. The van der Waals surface area contributed by atoms with Gasteiger partial charge in [-0.25, -0.2) is 0 Å². The first-order chi connectivity index (χ1) is 9.67. The Morgan fingerprint density at radius 1 is 1.20 bits per heavy atom. The number of halogens is 2. The van der Waals surface area contributed by atoms with E-state index in [0.717, 1.165) is 22.5 Å². The van der Waals surface area contributed by atoms with Crippen LogP contribution >= 0.6 is 23.2 Å². The van der Waals surface area contributed by atoms with Crippen LogP contribution in [0.1, 0.15) is 57.6 Å². The molecule has 3 heteroatoms. The first-order valence-corrected chi connectivity index (χ1v) is 8.61. The Morgan fingerprint density at radius 2 is 1.95 bits per heavy atom. The van der Waals surface area contributed by atoms with E-state index in [4.69, 9.17) is 23.2 Å². The SMILES string of the molecule is CCNC(c1cc(Cl)ccc1Cl)C1CCCCC1CC. The lowest BCUT2D eigenvalue weighted by Gasteiger charge is -2.38. The molecule has 3 unspecified atom stereocenters. The Hall–Kier alpha value is -0.240. The first-order valence-electron chi connectivity index (χ1n) is 7.85. The minimum atomic E-state index is 0.330. The smallest absolute Gasteiger partial charge is 0.0454 e. The lowest BCUT2D eigenvalue weighted by molar-refractivity contribution is 0.177. The molecule has 0 saturated heterocycles. The van der Waals surface area contributed by atoms with E-state index in [0.29, 0.717) is 12.0 Å². The van der Waals surface area contributed by atoms with Crippen molar-refractivity contribution in [2.24, 2.45) is 11.8 Å². The van der Waals surface area contributed by atoms with Crippen molar-refractivity contribution >= 4 is 23.2 Å². The number of nitrogens with one attached hydrogen (secondary N) is 1. The standard InChI is InChI=1S/C17H25Cl2N/c1-3-12-7-5-6-8-14(12)17(20-4-2)15-11-13(18)9-10-16(15)19/h9-12,14,17,20H,3-8H2,1-2H3. The number of hydrogen-bond acceptors (Lipinski definition) is 1. The highest BCUT2D eigenvalue weighted by Crippen LogP contribution is 2.42. The molecular formula is C17H25Cl2N. The Balaban J connectivity index is 2.31. The van der Waals surface area contributed by atoms with Crippen molar-refractivity contribution in [1.82, 2.24) is 5.32 Å². The minimum absolute atomic E-state index is 0.330. The fourth-order valence-corrected chi connectivity index (χ4v) is 4.06. The van der Waals surface area contributed by atoms with Gasteiger partial charge < -0.3 is 5.32 Å². The summed E-state index contributed by atoms with van der Waals surface area (Å²) in [7, 11) is 0. The monoisotopic (exact) mass is 313 g/mol. The van der Waals surface area contributed by atoms with Gasteiger partial charge >= 0.3 is 0 Å². The van der Waals surface area contributed by atoms with Gasteiger partial charge in [-0.05, 0) is 48.6 Å². The highest BCUT2D eigenvalue weighted by atomic mass is 35.5. The lowest BCUT2D eigenvalue weighted by atomic mass is 9.72. The molecule has 2 rings (SSSR count). The van der Waals surface area contributed by atoms with Crippen LogP contribution in [0.3, 0.4) is 0 Å². The molecule has 0 amide bonds. The van der Waals surface area contributed by atoms with Gasteiger partial charge in [-0.1, -0.05) is 62.7 Å². The van der Waals surface area contributed by atoms with E-state index < -0.39 is 0 Å². The topological polar surface area (TPSA) is 12.0 Å². The van der Waals surface area contributed by atoms with E-state index in [1.54, 1.807) is 0 Å². The molecule has 0 aromatic heterocycles. The summed E-state index contributed by atoms with van der Waals surface area (Å²) >= 11 is 12.6. The zero-order valence-electron chi connectivity index (χ0n) is 12.5. The molecule has 112 valence electrons. The molecule has 1 aliphatic carbocycles. The molecule has 0 radical (unpaired) electrons. The van der Waals surface area contributed by atoms with Gasteiger partial charge in [0, 0.05) is 16.1 Å². The van der Waals surface area contributed by atoms with E-state index in [9.17, 15) is 0 Å². The number of rotatable bonds is 5. The summed E-state index contributed by atoms with van der Waals surface area (Å²) in [5, 5.41) is 5.27. The van der Waals surface area contributed by atoms with E-state index >= 15 is 0 Å². The summed E-state index contributed by atoms with van der Waals surface area (Å²) in [5.41, 5.74) is 1.17. The van der Waals surface area contributed by atoms with Gasteiger partial charge in [0.15, 0.2) is 0 Å². The van der Waals surface area contributed by atoms with Crippen LogP contribution in [0.2, 0.25) is 10.0 Å². The van der Waals surface area contributed by atoms with Gasteiger partial charge in [0.2, 0.25) is 0 Å². The van der Waals surface area contributed by atoms with Crippen molar-refractivity contribution in [2.45, 2.75) is 52.0 Å². The maximum Gasteiger partial charge on any atom is 0.0454 e. The molecule has 0 spiro atoms. The molecule has 1 aromatic rings. The van der Waals surface area contributed by atoms with Crippen LogP contribution in [-0.2, 0) is 0 Å². The Labute approximate surface area is 133 Å². The second kappa shape index (κ2) is 7.68. The summed E-state index contributed by atoms with van der Waals surface area (Å²) in [6.07, 6.45) is 6.60. The summed E-state index contributed by atoms with van der Waals surface area (Å²) < 4.78 is 0. The first kappa shape index (κ1) is 16.1. The van der Waals surface area contributed by atoms with Crippen LogP contribution < -0.4 is 5.32 Å². The maximum atomic E-state index is 6.44. The normalized spacial score (nSPS) is 24.6. The molecule has 0 heterocycles. The third-order valence-corrected chi connectivity index (χ3v) is 5.22. The van der Waals surface area contributed by atoms with Crippen LogP contribution in [0.25, 0.3) is 0 Å². The van der Waals surface area contributed by atoms with Gasteiger partial charge in [-0.2, -0.15) is 0 Å². The second-order valence-electron chi connectivity index (χ2n) is 5.82. The fraction of sp³-hybridized carbons (Fsp3) is 0.647. The molecule has 1 aliphatic rings. The lowest BCUT2D eigenvalue weighted by Crippen LogP contribution is -2.34. The van der Waals surface area contributed by atoms with Crippen molar-refractivity contribution in [2.75, 3.05) is 6.54 Å². The van der Waals surface area contributed by atoms with Crippen molar-refractivity contribution in [3.05, 3.63) is 33.8 Å². The maximum absolute atomic E-state index is 6.44. The molecule has 1 nitrogen and oxygen atoms in total. The van der Waals surface area contributed by atoms with Crippen molar-refractivity contribution in [3.8, 4) is 0 Å². The van der Waals surface area contributed by atoms with E-state index in [1.807, 2.05) is 18.2 Å². The molecule has 3 atom stereocenters. The summed E-state index contributed by atoms with van der Waals surface area (Å²) in [5.74, 6) is 1.47. The van der Waals surface area contributed by atoms with Crippen LogP contribution in [0, 0.1) is 11.8 Å². The largest absolute Gasteiger partial charge is 0.310 e. The molecule has 0 bridgehead atoms. The molecular weight excluding hydrogens is 289 g/mol. The Bertz CT molecular complexity index is 433. The zero-order chi connectivity index (χ0) is 14.5. The number of hydrogen-bond donors (Lipinski definition) is 1. The van der Waals surface area contributed by atoms with E-state index in [-0.39, 0.29) is 0 Å². The quantitative estimate of drug-likeness (QED) is 0.717. The molecule has 0 aliphatic heterocycles. The molecule has 1 saturated carbocycles. The van der Waals surface area contributed by atoms with Crippen molar-refractivity contribution < 1.29 is 0 Å². The summed E-state index contributed by atoms with van der Waals surface area (Å²) in [6.45, 7) is 5.43. The third kappa shape index (κ3) is 3.69. The highest BCUT2D eigenvalue weighted by Gasteiger charge is 2.32. The summed E-state index contributed by atoms with van der Waals surface area (Å²) in [6, 6.07) is 6.16. The molecule has 1 fully saturated rings. The van der Waals surface area contributed by atoms with Crippen molar-refractivity contribution in [1.29, 1.82) is 0 Å². The number of benzene rings is 1. The van der Waals surface area contributed by atoms with Crippen molar-refractivity contribution in [3.63, 3.8) is 0 Å². The van der Waals surface area contributed by atoms with Crippen LogP contribution in [0.15, 0.2) is 18.2 Å². The minimum Gasteiger partial charge on any atom is -0.310 e. The van der Waals surface area contributed by atoms with Gasteiger partial charge in [-0.3, -0.25) is 0 Å². The highest BCUT2D eigenvalue weighted by molar-refractivity contribution is 6.33. The predicted molar refractivity (Wildman–Crippen MR) is 88.6 cm³/mol. The molecule has 1 N–H and O–H groups in total. The van der Waals surface area contributed by atoms with Crippen LogP contribution in [-0.4, -0.2) is 6.54 Å². The Morgan fingerprint density at radius 3 is 2.65 bits per heavy atom. The zero-order valence-corrected chi connectivity index (χ0v) is 14.0. The average molecular weight is 314 g/mol. The Kier molecular flexibility index (Phi) is 6.20.